The second-order valence-electron chi connectivity index (χ2n) is 2.80. The molecule has 0 saturated carbocycles. The van der Waals surface area contributed by atoms with Crippen LogP contribution in [0.25, 0.3) is 5.65 Å². The summed E-state index contributed by atoms with van der Waals surface area (Å²) in [6.07, 6.45) is 6.53. The van der Waals surface area contributed by atoms with Crippen molar-refractivity contribution in [3.05, 3.63) is 30.0 Å². The first-order valence-corrected chi connectivity index (χ1v) is 4.10. The third-order valence-corrected chi connectivity index (χ3v) is 2.06. The summed E-state index contributed by atoms with van der Waals surface area (Å²) in [6.45, 7) is 4.17. The van der Waals surface area contributed by atoms with Gasteiger partial charge in [0.15, 0.2) is 5.65 Å². The highest BCUT2D eigenvalue weighted by molar-refractivity contribution is 5.40. The van der Waals surface area contributed by atoms with E-state index in [4.69, 9.17) is 0 Å². The van der Waals surface area contributed by atoms with Crippen molar-refractivity contribution >= 4 is 5.65 Å². The molecule has 2 aromatic heterocycles. The SMILES string of the molecule is CCc1c(C)nc2cnccn12. The Hall–Kier alpha value is -1.38. The number of fused-ring (bicyclic) bond motifs is 1. The van der Waals surface area contributed by atoms with Crippen LogP contribution in [0.3, 0.4) is 0 Å². The second-order valence-corrected chi connectivity index (χ2v) is 2.80. The number of hydrogen-bond acceptors (Lipinski definition) is 2. The lowest BCUT2D eigenvalue weighted by Crippen LogP contribution is -1.91. The molecule has 2 heterocycles. The van der Waals surface area contributed by atoms with Gasteiger partial charge in [0.25, 0.3) is 0 Å². The van der Waals surface area contributed by atoms with Crippen molar-refractivity contribution in [3.63, 3.8) is 0 Å². The molecule has 0 amide bonds. The van der Waals surface area contributed by atoms with Gasteiger partial charge in [-0.25, -0.2) is 4.98 Å². The molecule has 0 bridgehead atoms. The highest BCUT2D eigenvalue weighted by Crippen LogP contribution is 2.10. The van der Waals surface area contributed by atoms with Crippen LogP contribution in [-0.2, 0) is 6.42 Å². The average molecular weight is 161 g/mol. The summed E-state index contributed by atoms with van der Waals surface area (Å²) in [5.74, 6) is 0. The van der Waals surface area contributed by atoms with Crippen LogP contribution in [-0.4, -0.2) is 14.4 Å². The third-order valence-electron chi connectivity index (χ3n) is 2.06. The van der Waals surface area contributed by atoms with E-state index in [2.05, 4.69) is 21.3 Å². The molecule has 0 atom stereocenters. The maximum Gasteiger partial charge on any atom is 0.155 e. The summed E-state index contributed by atoms with van der Waals surface area (Å²) in [5.41, 5.74) is 3.31. The lowest BCUT2D eigenvalue weighted by molar-refractivity contribution is 0.969. The normalized spacial score (nSPS) is 10.8. The molecule has 0 radical (unpaired) electrons. The Morgan fingerprint density at radius 3 is 3.08 bits per heavy atom. The second kappa shape index (κ2) is 2.59. The maximum absolute atomic E-state index is 4.38. The molecule has 0 aliphatic rings. The molecule has 3 heteroatoms. The molecule has 0 unspecified atom stereocenters. The number of rotatable bonds is 1. The zero-order valence-electron chi connectivity index (χ0n) is 7.28. The van der Waals surface area contributed by atoms with Crippen LogP contribution in [0, 0.1) is 6.92 Å². The number of aromatic nitrogens is 3. The standard InChI is InChI=1S/C9H11N3/c1-3-8-7(2)11-9-6-10-4-5-12(8)9/h4-6H,3H2,1-2H3. The van der Waals surface area contributed by atoms with Crippen LogP contribution < -0.4 is 0 Å². The fourth-order valence-electron chi connectivity index (χ4n) is 1.50. The molecular weight excluding hydrogens is 150 g/mol. The van der Waals surface area contributed by atoms with Crippen LogP contribution >= 0.6 is 0 Å². The van der Waals surface area contributed by atoms with Gasteiger partial charge in [0.05, 0.1) is 11.9 Å². The first kappa shape index (κ1) is 7.28. The van der Waals surface area contributed by atoms with E-state index in [-0.39, 0.29) is 0 Å². The summed E-state index contributed by atoms with van der Waals surface area (Å²) in [7, 11) is 0. The third kappa shape index (κ3) is 0.897. The van der Waals surface area contributed by atoms with Crippen molar-refractivity contribution in [2.24, 2.45) is 0 Å². The average Bonchev–Trinajstić information content (AvgIpc) is 2.40. The summed E-state index contributed by atoms with van der Waals surface area (Å²) >= 11 is 0. The molecule has 0 N–H and O–H groups in total. The highest BCUT2D eigenvalue weighted by Gasteiger charge is 2.04. The minimum atomic E-state index is 0.937. The summed E-state index contributed by atoms with van der Waals surface area (Å²) in [4.78, 5) is 8.40. The molecule has 0 aromatic carbocycles. The molecule has 12 heavy (non-hydrogen) atoms. The van der Waals surface area contributed by atoms with Gasteiger partial charge in [-0.3, -0.25) is 4.98 Å². The first-order valence-electron chi connectivity index (χ1n) is 4.10. The Morgan fingerprint density at radius 1 is 1.50 bits per heavy atom. The lowest BCUT2D eigenvalue weighted by Gasteiger charge is -1.96. The number of hydrogen-bond donors (Lipinski definition) is 0. The summed E-state index contributed by atoms with van der Waals surface area (Å²) < 4.78 is 2.09. The van der Waals surface area contributed by atoms with Gasteiger partial charge < -0.3 is 4.40 Å². The van der Waals surface area contributed by atoms with Gasteiger partial charge >= 0.3 is 0 Å². The van der Waals surface area contributed by atoms with Crippen molar-refractivity contribution in [1.82, 2.24) is 14.4 Å². The van der Waals surface area contributed by atoms with Crippen molar-refractivity contribution < 1.29 is 0 Å². The minimum Gasteiger partial charge on any atom is -0.301 e. The Balaban J connectivity index is 2.81. The van der Waals surface area contributed by atoms with E-state index in [1.165, 1.54) is 5.69 Å². The predicted octanol–water partition coefficient (Wildman–Crippen LogP) is 1.60. The van der Waals surface area contributed by atoms with Gasteiger partial charge in [-0.15, -0.1) is 0 Å². The van der Waals surface area contributed by atoms with Crippen molar-refractivity contribution in [3.8, 4) is 0 Å². The van der Waals surface area contributed by atoms with E-state index < -0.39 is 0 Å². The molecular formula is C9H11N3. The molecule has 0 saturated heterocycles. The number of aryl methyl sites for hydroxylation is 2. The Morgan fingerprint density at radius 2 is 2.33 bits per heavy atom. The quantitative estimate of drug-likeness (QED) is 0.636. The predicted molar refractivity (Wildman–Crippen MR) is 47.1 cm³/mol. The summed E-state index contributed by atoms with van der Waals surface area (Å²) in [6, 6.07) is 0. The van der Waals surface area contributed by atoms with E-state index in [1.807, 2.05) is 13.1 Å². The Kier molecular flexibility index (Phi) is 1.57. The molecule has 0 spiro atoms. The topological polar surface area (TPSA) is 30.2 Å². The molecule has 0 aliphatic heterocycles. The van der Waals surface area contributed by atoms with E-state index >= 15 is 0 Å². The largest absolute Gasteiger partial charge is 0.301 e. The smallest absolute Gasteiger partial charge is 0.155 e. The van der Waals surface area contributed by atoms with Gasteiger partial charge in [0, 0.05) is 18.1 Å². The summed E-state index contributed by atoms with van der Waals surface area (Å²) in [5, 5.41) is 0. The molecule has 2 rings (SSSR count). The van der Waals surface area contributed by atoms with E-state index in [9.17, 15) is 0 Å². The van der Waals surface area contributed by atoms with Gasteiger partial charge in [-0.05, 0) is 13.3 Å². The minimum absolute atomic E-state index is 0.937. The Labute approximate surface area is 71.1 Å². The molecule has 3 nitrogen and oxygen atoms in total. The zero-order valence-corrected chi connectivity index (χ0v) is 7.28. The van der Waals surface area contributed by atoms with Crippen LogP contribution in [0.15, 0.2) is 18.6 Å². The fourth-order valence-corrected chi connectivity index (χ4v) is 1.50. The number of nitrogens with zero attached hydrogens (tertiary/aromatic N) is 3. The highest BCUT2D eigenvalue weighted by atomic mass is 15.0. The lowest BCUT2D eigenvalue weighted by atomic mass is 10.3. The van der Waals surface area contributed by atoms with Crippen molar-refractivity contribution in [1.29, 1.82) is 0 Å². The molecule has 62 valence electrons. The van der Waals surface area contributed by atoms with E-state index in [1.54, 1.807) is 12.4 Å². The van der Waals surface area contributed by atoms with E-state index in [0.717, 1.165) is 17.8 Å². The zero-order chi connectivity index (χ0) is 8.55. The molecule has 0 aliphatic carbocycles. The van der Waals surface area contributed by atoms with Crippen molar-refractivity contribution in [2.75, 3.05) is 0 Å². The number of imidazole rings is 1. The monoisotopic (exact) mass is 161 g/mol. The van der Waals surface area contributed by atoms with Crippen LogP contribution in [0.1, 0.15) is 18.3 Å². The van der Waals surface area contributed by atoms with Gasteiger partial charge in [-0.1, -0.05) is 6.92 Å². The Bertz CT molecular complexity index is 403. The van der Waals surface area contributed by atoms with Crippen LogP contribution in [0.4, 0.5) is 0 Å². The van der Waals surface area contributed by atoms with Gasteiger partial charge in [0.1, 0.15) is 0 Å². The van der Waals surface area contributed by atoms with Gasteiger partial charge in [0.2, 0.25) is 0 Å². The van der Waals surface area contributed by atoms with Crippen molar-refractivity contribution in [2.45, 2.75) is 20.3 Å². The van der Waals surface area contributed by atoms with Crippen LogP contribution in [0.2, 0.25) is 0 Å². The fraction of sp³-hybridized carbons (Fsp3) is 0.333. The van der Waals surface area contributed by atoms with Gasteiger partial charge in [-0.2, -0.15) is 0 Å². The van der Waals surface area contributed by atoms with E-state index in [0.29, 0.717) is 0 Å². The first-order chi connectivity index (χ1) is 5.83. The van der Waals surface area contributed by atoms with Crippen LogP contribution in [0.5, 0.6) is 0 Å². The molecule has 2 aromatic rings. The maximum atomic E-state index is 4.38. The molecule has 0 fully saturated rings.